The summed E-state index contributed by atoms with van der Waals surface area (Å²) in [7, 11) is 0. The van der Waals surface area contributed by atoms with Gasteiger partial charge in [-0.25, -0.2) is 0 Å². The molecule has 6 aromatic rings. The third-order valence-corrected chi connectivity index (χ3v) is 18.2. The van der Waals surface area contributed by atoms with Crippen LogP contribution in [0.15, 0.2) is 169 Å². The van der Waals surface area contributed by atoms with E-state index in [0.717, 1.165) is 23.7 Å². The molecule has 5 fully saturated rings. The highest BCUT2D eigenvalue weighted by Crippen LogP contribution is 2.89. The molecule has 302 valence electrons. The summed E-state index contributed by atoms with van der Waals surface area (Å²) in [5, 5.41) is 0. The Hall–Kier alpha value is -5.40. The second kappa shape index (κ2) is 12.6. The zero-order chi connectivity index (χ0) is 40.9. The summed E-state index contributed by atoms with van der Waals surface area (Å²) >= 11 is 0. The van der Waals surface area contributed by atoms with Crippen LogP contribution >= 0.6 is 0 Å². The van der Waals surface area contributed by atoms with Crippen LogP contribution in [0.2, 0.25) is 0 Å². The van der Waals surface area contributed by atoms with Crippen molar-refractivity contribution in [3.05, 3.63) is 181 Å². The Morgan fingerprint density at radius 3 is 1.79 bits per heavy atom. The standard InChI is InChI=1S/C60H57N/c1-57(2)31-32-58(3,4)56-51(57)15-10-16-53(56)61(46-26-21-42(22-27-46)41-19-17-40(18-20-41)39-11-6-5-7-12-39)47-28-23-43(24-29-47)44-25-30-49-48-13-8-9-14-50(48)60(52(49)35-44)54-34-38-33-45-36-55(60)59(45,54)37-38/h5-30,35,38,45,53-56H,31-34,36-37H2,1-4H3. The van der Waals surface area contributed by atoms with Gasteiger partial charge in [-0.05, 0) is 164 Å². The predicted molar refractivity (Wildman–Crippen MR) is 254 cm³/mol. The molecule has 6 aromatic carbocycles. The van der Waals surface area contributed by atoms with Crippen molar-refractivity contribution in [2.24, 2.45) is 45.8 Å². The summed E-state index contributed by atoms with van der Waals surface area (Å²) in [5.74, 6) is 4.02. The van der Waals surface area contributed by atoms with Gasteiger partial charge in [-0.2, -0.15) is 0 Å². The predicted octanol–water partition coefficient (Wildman–Crippen LogP) is 15.5. The molecule has 0 heterocycles. The van der Waals surface area contributed by atoms with E-state index in [1.54, 1.807) is 16.7 Å². The Bertz CT molecular complexity index is 2780. The molecule has 2 bridgehead atoms. The Kier molecular flexibility index (Phi) is 7.49. The smallest absolute Gasteiger partial charge is 0.0596 e. The van der Waals surface area contributed by atoms with Gasteiger partial charge in [0.2, 0.25) is 0 Å². The van der Waals surface area contributed by atoms with Crippen LogP contribution in [0.1, 0.15) is 77.3 Å². The van der Waals surface area contributed by atoms with Gasteiger partial charge >= 0.3 is 0 Å². The number of benzene rings is 6. The Balaban J connectivity index is 0.873. The number of hydrogen-bond donors (Lipinski definition) is 0. The molecule has 7 aliphatic rings. The van der Waals surface area contributed by atoms with Crippen molar-refractivity contribution in [2.75, 3.05) is 4.90 Å². The van der Waals surface area contributed by atoms with Gasteiger partial charge in [0.05, 0.1) is 6.04 Å². The van der Waals surface area contributed by atoms with Crippen LogP contribution in [0.3, 0.4) is 0 Å². The van der Waals surface area contributed by atoms with E-state index in [0.29, 0.717) is 11.3 Å². The lowest BCUT2D eigenvalue weighted by atomic mass is 9.27. The van der Waals surface area contributed by atoms with Crippen molar-refractivity contribution in [2.45, 2.75) is 77.7 Å². The lowest BCUT2D eigenvalue weighted by Crippen LogP contribution is -2.73. The summed E-state index contributed by atoms with van der Waals surface area (Å²) in [6, 6.07) is 56.0. The fourth-order valence-electron chi connectivity index (χ4n) is 15.5. The quantitative estimate of drug-likeness (QED) is 0.162. The number of nitrogens with zero attached hydrogens (tertiary/aromatic N) is 1. The first-order valence-corrected chi connectivity index (χ1v) is 23.5. The van der Waals surface area contributed by atoms with Crippen molar-refractivity contribution in [1.29, 1.82) is 0 Å². The van der Waals surface area contributed by atoms with Crippen LogP contribution in [-0.4, -0.2) is 6.04 Å². The van der Waals surface area contributed by atoms with E-state index in [1.807, 2.05) is 0 Å². The minimum atomic E-state index is 0.173. The third-order valence-electron chi connectivity index (χ3n) is 18.2. The molecular weight excluding hydrogens is 735 g/mol. The van der Waals surface area contributed by atoms with Gasteiger partial charge in [-0.15, -0.1) is 0 Å². The Morgan fingerprint density at radius 2 is 1.10 bits per heavy atom. The minimum absolute atomic E-state index is 0.173. The van der Waals surface area contributed by atoms with Gasteiger partial charge in [0.25, 0.3) is 0 Å². The average Bonchev–Trinajstić information content (AvgIpc) is 3.93. The zero-order valence-electron chi connectivity index (χ0n) is 36.2. The maximum atomic E-state index is 2.66. The van der Waals surface area contributed by atoms with Gasteiger partial charge in [0.15, 0.2) is 0 Å². The molecule has 0 N–H and O–H groups in total. The molecule has 5 saturated carbocycles. The van der Waals surface area contributed by atoms with Gasteiger partial charge in [-0.1, -0.05) is 167 Å². The number of allylic oxidation sites excluding steroid dienone is 2. The molecular formula is C60H57N. The molecule has 13 rings (SSSR count). The normalized spacial score (nSPS) is 31.0. The fraction of sp³-hybridized carbons (Fsp3) is 0.333. The first-order chi connectivity index (χ1) is 29.7. The highest BCUT2D eigenvalue weighted by molar-refractivity contribution is 5.86. The van der Waals surface area contributed by atoms with Gasteiger partial charge in [0, 0.05) is 22.7 Å². The van der Waals surface area contributed by atoms with Crippen LogP contribution in [0.25, 0.3) is 44.5 Å². The van der Waals surface area contributed by atoms with Gasteiger partial charge in [-0.3, -0.25) is 0 Å². The maximum absolute atomic E-state index is 2.66. The molecule has 61 heavy (non-hydrogen) atoms. The topological polar surface area (TPSA) is 3.24 Å². The van der Waals surface area contributed by atoms with Crippen molar-refractivity contribution in [3.63, 3.8) is 0 Å². The largest absolute Gasteiger partial charge is 0.334 e. The summed E-state index contributed by atoms with van der Waals surface area (Å²) < 4.78 is 0. The fourth-order valence-corrected chi connectivity index (χ4v) is 15.5. The molecule has 7 aliphatic carbocycles. The zero-order valence-corrected chi connectivity index (χ0v) is 36.2. The molecule has 0 amide bonds. The molecule has 1 nitrogen and oxygen atoms in total. The minimum Gasteiger partial charge on any atom is -0.334 e. The number of hydrogen-bond acceptors (Lipinski definition) is 1. The maximum Gasteiger partial charge on any atom is 0.0596 e. The van der Waals surface area contributed by atoms with Crippen molar-refractivity contribution in [1.82, 2.24) is 0 Å². The van der Waals surface area contributed by atoms with Gasteiger partial charge < -0.3 is 4.90 Å². The van der Waals surface area contributed by atoms with E-state index in [9.17, 15) is 0 Å². The number of anilines is 2. The second-order valence-electron chi connectivity index (χ2n) is 21.6. The summed E-state index contributed by atoms with van der Waals surface area (Å²) in [4.78, 5) is 2.66. The highest BCUT2D eigenvalue weighted by atomic mass is 15.2. The van der Waals surface area contributed by atoms with Crippen LogP contribution in [0.5, 0.6) is 0 Å². The Labute approximate surface area is 363 Å². The molecule has 1 heteroatoms. The van der Waals surface area contributed by atoms with E-state index < -0.39 is 0 Å². The van der Waals surface area contributed by atoms with Gasteiger partial charge in [0.1, 0.15) is 0 Å². The number of rotatable bonds is 6. The van der Waals surface area contributed by atoms with Crippen molar-refractivity contribution < 1.29 is 0 Å². The molecule has 2 spiro atoms. The first-order valence-electron chi connectivity index (χ1n) is 23.5. The monoisotopic (exact) mass is 791 g/mol. The first kappa shape index (κ1) is 36.3. The molecule has 0 saturated heterocycles. The van der Waals surface area contributed by atoms with Crippen LogP contribution in [-0.2, 0) is 5.41 Å². The molecule has 8 atom stereocenters. The lowest BCUT2D eigenvalue weighted by molar-refractivity contribution is -0.231. The average molecular weight is 792 g/mol. The SMILES string of the molecule is CC1(C)CCC(C)(C)C2C1=CC=CC2N(c1ccc(-c2ccc(-c3ccccc3)cc2)cc1)c1ccc(-c2ccc3c(c2)C2(c4ccccc4-3)C3CC4CC5CC2C53C4)cc1. The molecule has 0 radical (unpaired) electrons. The third kappa shape index (κ3) is 4.84. The van der Waals surface area contributed by atoms with E-state index in [-0.39, 0.29) is 22.3 Å². The van der Waals surface area contributed by atoms with Crippen molar-refractivity contribution >= 4 is 11.4 Å². The second-order valence-corrected chi connectivity index (χ2v) is 21.6. The van der Waals surface area contributed by atoms with Crippen LogP contribution < -0.4 is 4.90 Å². The molecule has 8 unspecified atom stereocenters. The number of fused-ring (bicyclic) bond motifs is 9. The molecule has 0 aliphatic heterocycles. The lowest BCUT2D eigenvalue weighted by Gasteiger charge is -2.76. The van der Waals surface area contributed by atoms with E-state index in [2.05, 4.69) is 196 Å². The highest BCUT2D eigenvalue weighted by Gasteiger charge is 2.84. The molecule has 0 aromatic heterocycles. The van der Waals surface area contributed by atoms with E-state index in [4.69, 9.17) is 0 Å². The van der Waals surface area contributed by atoms with Crippen molar-refractivity contribution in [3.8, 4) is 44.5 Å². The summed E-state index contributed by atoms with van der Waals surface area (Å²) in [6.45, 7) is 9.97. The van der Waals surface area contributed by atoms with Crippen LogP contribution in [0, 0.1) is 45.8 Å². The summed E-state index contributed by atoms with van der Waals surface area (Å²) in [6.07, 6.45) is 15.7. The van der Waals surface area contributed by atoms with E-state index >= 15 is 0 Å². The summed E-state index contributed by atoms with van der Waals surface area (Å²) in [5.41, 5.74) is 19.3. The Morgan fingerprint density at radius 1 is 0.525 bits per heavy atom. The van der Waals surface area contributed by atoms with E-state index in [1.165, 1.54) is 94.4 Å². The van der Waals surface area contributed by atoms with Crippen LogP contribution in [0.4, 0.5) is 11.4 Å².